The van der Waals surface area contributed by atoms with Crippen LogP contribution in [0.25, 0.3) is 10.4 Å². The Labute approximate surface area is 123 Å². The minimum atomic E-state index is 0. The third-order valence-electron chi connectivity index (χ3n) is 1.26. The van der Waals surface area contributed by atoms with E-state index in [1.165, 1.54) is 7.05 Å². The smallest absolute Gasteiger partial charge is 0.378 e. The van der Waals surface area contributed by atoms with Crippen LogP contribution < -0.4 is 0 Å². The predicted octanol–water partition coefficient (Wildman–Crippen LogP) is 1.15. The van der Waals surface area contributed by atoms with Crippen molar-refractivity contribution >= 4 is 0 Å². The fraction of sp³-hybridized carbons (Fsp3) is 0.600. The number of aryl methyl sites for hydroxylation is 1. The van der Waals surface area contributed by atoms with Gasteiger partial charge in [0.15, 0.2) is 0 Å². The van der Waals surface area contributed by atoms with E-state index in [0.29, 0.717) is 13.2 Å². The number of nitrogens with zero attached hydrogens (tertiary/aromatic N) is 6. The number of azide groups is 1. The molecule has 0 aliphatic rings. The Balaban J connectivity index is -0.000000222. The molecule has 0 fully saturated rings. The maximum absolute atomic E-state index is 7.33. The molecule has 1 aromatic heterocycles. The second kappa shape index (κ2) is 18.8. The summed E-state index contributed by atoms with van der Waals surface area (Å²) in [7, 11) is 6.42. The molecule has 1 heterocycles. The summed E-state index contributed by atoms with van der Waals surface area (Å²) in [6.45, 7) is 0.952. The molecule has 0 aromatic carbocycles. The molecule has 0 N–H and O–H groups in total. The molecule has 0 amide bonds. The molecule has 19 heavy (non-hydrogen) atoms. The van der Waals surface area contributed by atoms with Crippen LogP contribution in [-0.4, -0.2) is 42.9 Å². The molecule has 1 aromatic rings. The molecule has 9 heteroatoms. The molecule has 0 unspecified atom stereocenters. The first-order chi connectivity index (χ1) is 8.65. The number of hydrogen-bond acceptors (Lipinski definition) is 5. The fourth-order valence-corrected chi connectivity index (χ4v) is 0.693. The summed E-state index contributed by atoms with van der Waals surface area (Å²) in [6, 6.07) is 0. The standard InChI is InChI=1S/C5H9N3O.C4H6O.CH3N3.Cu/c1-8-3-5(4-9-2)6-7-8;1-3-4-5-2;1-3-4-2;/h3H,4H2,1-2H3;1H,4H2,2H3;1H3;/q;;;+2. The summed E-state index contributed by atoms with van der Waals surface area (Å²) in [6.07, 6.45) is 6.59. The number of methoxy groups -OCH3 is 2. The van der Waals surface area contributed by atoms with Gasteiger partial charge in [-0.15, -0.1) is 11.5 Å². The predicted molar refractivity (Wildman–Crippen MR) is 67.5 cm³/mol. The summed E-state index contributed by atoms with van der Waals surface area (Å²) in [5.74, 6) is 2.30. The quantitative estimate of drug-likeness (QED) is 0.274. The van der Waals surface area contributed by atoms with Crippen LogP contribution in [0.4, 0.5) is 0 Å². The van der Waals surface area contributed by atoms with Gasteiger partial charge in [0.2, 0.25) is 0 Å². The largest absolute Gasteiger partial charge is 2.00 e. The molecule has 0 saturated carbocycles. The molecule has 0 atom stereocenters. The van der Waals surface area contributed by atoms with E-state index >= 15 is 0 Å². The van der Waals surface area contributed by atoms with Gasteiger partial charge in [-0.1, -0.05) is 16.2 Å². The number of aromatic nitrogens is 3. The molecule has 0 saturated heterocycles. The van der Waals surface area contributed by atoms with Gasteiger partial charge in [-0.25, -0.2) is 0 Å². The third kappa shape index (κ3) is 19.0. The third-order valence-corrected chi connectivity index (χ3v) is 1.26. The zero-order chi connectivity index (χ0) is 14.2. The molecular weight excluding hydrogens is 300 g/mol. The Morgan fingerprint density at radius 3 is 2.32 bits per heavy atom. The van der Waals surface area contributed by atoms with Crippen LogP contribution in [0.5, 0.6) is 0 Å². The number of ether oxygens (including phenoxy) is 2. The van der Waals surface area contributed by atoms with Gasteiger partial charge in [0, 0.05) is 33.2 Å². The molecule has 1 rings (SSSR count). The number of hydrogen-bond donors (Lipinski definition) is 0. The van der Waals surface area contributed by atoms with Crippen molar-refractivity contribution in [3.05, 3.63) is 22.3 Å². The first kappa shape index (κ1) is 22.6. The van der Waals surface area contributed by atoms with Crippen LogP contribution in [-0.2, 0) is 40.2 Å². The van der Waals surface area contributed by atoms with Crippen LogP contribution in [0.2, 0.25) is 0 Å². The van der Waals surface area contributed by atoms with E-state index in [1.54, 1.807) is 18.9 Å². The zero-order valence-electron chi connectivity index (χ0n) is 11.4. The van der Waals surface area contributed by atoms with E-state index in [4.69, 9.17) is 16.7 Å². The van der Waals surface area contributed by atoms with Crippen LogP contribution >= 0.6 is 0 Å². The minimum absolute atomic E-state index is 0. The summed E-state index contributed by atoms with van der Waals surface area (Å²) in [5, 5.41) is 10.4. The molecule has 8 nitrogen and oxygen atoms in total. The van der Waals surface area contributed by atoms with Crippen LogP contribution in [0, 0.1) is 12.3 Å². The SMILES string of the molecule is C#CCOC.CN=[N+]=[N-].COCc1cn(C)nn1.[Cu+2]. The number of terminal acetylenes is 1. The summed E-state index contributed by atoms with van der Waals surface area (Å²) in [4.78, 5) is 2.36. The fourth-order valence-electron chi connectivity index (χ4n) is 0.693. The van der Waals surface area contributed by atoms with Crippen molar-refractivity contribution in [2.24, 2.45) is 12.2 Å². The molecule has 0 bridgehead atoms. The van der Waals surface area contributed by atoms with Crippen molar-refractivity contribution in [3.63, 3.8) is 0 Å². The van der Waals surface area contributed by atoms with Crippen molar-refractivity contribution in [2.45, 2.75) is 6.61 Å². The zero-order valence-corrected chi connectivity index (χ0v) is 12.3. The Bertz CT molecular complexity index is 384. The second-order valence-electron chi connectivity index (χ2n) is 2.74. The Kier molecular flexibility index (Phi) is 22.4. The van der Waals surface area contributed by atoms with Crippen LogP contribution in [0.1, 0.15) is 5.69 Å². The average Bonchev–Trinajstić information content (AvgIpc) is 2.78. The first-order valence-corrected chi connectivity index (χ1v) is 4.85. The van der Waals surface area contributed by atoms with Crippen molar-refractivity contribution in [3.8, 4) is 12.3 Å². The van der Waals surface area contributed by atoms with Gasteiger partial charge in [0.05, 0.1) is 12.8 Å². The van der Waals surface area contributed by atoms with E-state index in [0.717, 1.165) is 5.69 Å². The van der Waals surface area contributed by atoms with Crippen molar-refractivity contribution < 1.29 is 26.5 Å². The van der Waals surface area contributed by atoms with Gasteiger partial charge in [-0.05, 0) is 5.53 Å². The Morgan fingerprint density at radius 1 is 1.53 bits per heavy atom. The molecule has 0 aliphatic heterocycles. The van der Waals surface area contributed by atoms with Crippen molar-refractivity contribution in [1.82, 2.24) is 15.0 Å². The Morgan fingerprint density at radius 2 is 2.11 bits per heavy atom. The Hall–Kier alpha value is -1.55. The van der Waals surface area contributed by atoms with Crippen molar-refractivity contribution in [2.75, 3.05) is 27.9 Å². The van der Waals surface area contributed by atoms with Gasteiger partial charge >= 0.3 is 17.1 Å². The maximum Gasteiger partial charge on any atom is 2.00 e. The normalized spacial score (nSPS) is 7.32. The van der Waals surface area contributed by atoms with Crippen molar-refractivity contribution in [1.29, 1.82) is 0 Å². The van der Waals surface area contributed by atoms with Gasteiger partial charge in [0.1, 0.15) is 12.3 Å². The monoisotopic (exact) mass is 317 g/mol. The second-order valence-corrected chi connectivity index (χ2v) is 2.74. The molecule has 1 radical (unpaired) electrons. The molecule has 109 valence electrons. The molecule has 0 spiro atoms. The van der Waals surface area contributed by atoms with E-state index in [-0.39, 0.29) is 17.1 Å². The van der Waals surface area contributed by atoms with E-state index < -0.39 is 0 Å². The summed E-state index contributed by atoms with van der Waals surface area (Å²) in [5.41, 5.74) is 8.19. The van der Waals surface area contributed by atoms with Gasteiger partial charge in [0.25, 0.3) is 0 Å². The summed E-state index contributed by atoms with van der Waals surface area (Å²) < 4.78 is 10.9. The topological polar surface area (TPSA) is 97.9 Å². The van der Waals surface area contributed by atoms with E-state index in [1.807, 2.05) is 13.2 Å². The number of rotatable bonds is 3. The van der Waals surface area contributed by atoms with Gasteiger partial charge in [-0.2, -0.15) is 0 Å². The minimum Gasteiger partial charge on any atom is -0.378 e. The van der Waals surface area contributed by atoms with Crippen LogP contribution in [0.3, 0.4) is 0 Å². The van der Waals surface area contributed by atoms with Gasteiger partial charge in [-0.3, -0.25) is 4.68 Å². The maximum atomic E-state index is 7.33. The first-order valence-electron chi connectivity index (χ1n) is 4.85. The van der Waals surface area contributed by atoms with Crippen LogP contribution in [0.15, 0.2) is 11.3 Å². The average molecular weight is 318 g/mol. The molecule has 0 aliphatic carbocycles. The van der Waals surface area contributed by atoms with E-state index in [2.05, 4.69) is 31.0 Å². The van der Waals surface area contributed by atoms with Gasteiger partial charge < -0.3 is 9.47 Å². The van der Waals surface area contributed by atoms with E-state index in [9.17, 15) is 0 Å². The summed E-state index contributed by atoms with van der Waals surface area (Å²) >= 11 is 0. The molecular formula is C10H18CuN6O2+2.